The molecule has 190 valence electrons. The van der Waals surface area contributed by atoms with Gasteiger partial charge in [0.25, 0.3) is 0 Å². The number of fused-ring (bicyclic) bond motifs is 1. The number of aromatic nitrogens is 5. The number of hydrogen-bond donors (Lipinski definition) is 2. The minimum absolute atomic E-state index is 0.0181. The molecule has 0 bridgehead atoms. The van der Waals surface area contributed by atoms with E-state index in [1.807, 2.05) is 68.4 Å². The highest BCUT2D eigenvalue weighted by Crippen LogP contribution is 2.35. The van der Waals surface area contributed by atoms with Gasteiger partial charge in [-0.3, -0.25) is 9.59 Å². The highest BCUT2D eigenvalue weighted by Gasteiger charge is 2.41. The van der Waals surface area contributed by atoms with Gasteiger partial charge in [0.2, 0.25) is 5.91 Å². The number of tetrazole rings is 1. The molecule has 37 heavy (non-hydrogen) atoms. The third-order valence-electron chi connectivity index (χ3n) is 7.47. The number of nitrogens with one attached hydrogen (secondary N) is 1. The Bertz CT molecular complexity index is 1430. The van der Waals surface area contributed by atoms with Crippen molar-refractivity contribution in [3.8, 4) is 22.6 Å². The quantitative estimate of drug-likeness (QED) is 0.324. The molecule has 0 radical (unpaired) electrons. The highest BCUT2D eigenvalue weighted by molar-refractivity contribution is 5.86. The van der Waals surface area contributed by atoms with Gasteiger partial charge in [0.1, 0.15) is 0 Å². The number of carbonyl (C=O) groups excluding carboxylic acids is 1. The summed E-state index contributed by atoms with van der Waals surface area (Å²) in [5.41, 5.74) is 3.42. The molecule has 9 heteroatoms. The first kappa shape index (κ1) is 24.5. The maximum absolute atomic E-state index is 13.1. The number of pyridine rings is 1. The molecule has 0 spiro atoms. The number of benzene rings is 2. The molecule has 1 fully saturated rings. The molecule has 2 aromatic heterocycles. The topological polar surface area (TPSA) is 125 Å². The summed E-state index contributed by atoms with van der Waals surface area (Å²) in [6.07, 6.45) is 2.71. The average molecular weight is 499 g/mol. The third-order valence-corrected chi connectivity index (χ3v) is 7.47. The van der Waals surface area contributed by atoms with Crippen LogP contribution in [0.5, 0.6) is 0 Å². The molecule has 5 rings (SSSR count). The first-order chi connectivity index (χ1) is 17.9. The van der Waals surface area contributed by atoms with Gasteiger partial charge in [-0.15, -0.1) is 5.10 Å². The van der Waals surface area contributed by atoms with Gasteiger partial charge < -0.3 is 10.0 Å². The van der Waals surface area contributed by atoms with Gasteiger partial charge in [0, 0.05) is 35.5 Å². The van der Waals surface area contributed by atoms with Crippen LogP contribution in [0.2, 0.25) is 0 Å². The molecule has 4 aromatic rings. The van der Waals surface area contributed by atoms with Crippen molar-refractivity contribution in [2.24, 2.45) is 11.3 Å². The number of rotatable bonds is 10. The van der Waals surface area contributed by atoms with Crippen molar-refractivity contribution in [3.63, 3.8) is 0 Å². The Morgan fingerprint density at radius 2 is 1.81 bits per heavy atom. The normalized spacial score (nSPS) is 13.6. The molecule has 1 saturated carbocycles. The van der Waals surface area contributed by atoms with Crippen molar-refractivity contribution >= 4 is 22.8 Å². The molecule has 0 unspecified atom stereocenters. The largest absolute Gasteiger partial charge is 0.481 e. The van der Waals surface area contributed by atoms with Crippen LogP contribution in [0.15, 0.2) is 54.6 Å². The molecule has 2 aromatic carbocycles. The van der Waals surface area contributed by atoms with E-state index in [1.54, 1.807) is 4.90 Å². The fourth-order valence-electron chi connectivity index (χ4n) is 4.84. The Morgan fingerprint density at radius 3 is 2.46 bits per heavy atom. The smallest absolute Gasteiger partial charge is 0.311 e. The number of aliphatic carboxylic acids is 1. The molecule has 0 aliphatic heterocycles. The standard InChI is InChI=1S/C28H30N6O3/c1-3-28(4-2,27(36)37)17-34(26(35)19-10-11-19)16-18-9-13-23-20(15-18)12-14-24(29-23)21-7-5-6-8-22(21)25-30-32-33-31-25/h5-9,12-15,19H,3-4,10-11,16-17H2,1-2H3,(H,36,37)(H,30,31,32,33). The van der Waals surface area contributed by atoms with E-state index in [0.717, 1.165) is 46.1 Å². The number of hydrogen-bond acceptors (Lipinski definition) is 6. The summed E-state index contributed by atoms with van der Waals surface area (Å²) in [5.74, 6) is -0.197. The minimum atomic E-state index is -0.940. The van der Waals surface area contributed by atoms with Crippen LogP contribution in [0.25, 0.3) is 33.5 Å². The summed E-state index contributed by atoms with van der Waals surface area (Å²) in [6.45, 7) is 4.36. The third kappa shape index (κ3) is 4.94. The van der Waals surface area contributed by atoms with Crippen LogP contribution in [0.4, 0.5) is 0 Å². The van der Waals surface area contributed by atoms with Crippen molar-refractivity contribution in [1.82, 2.24) is 30.5 Å². The fourth-order valence-corrected chi connectivity index (χ4v) is 4.84. The zero-order valence-electron chi connectivity index (χ0n) is 21.0. The number of aromatic amines is 1. The zero-order valence-corrected chi connectivity index (χ0v) is 21.0. The lowest BCUT2D eigenvalue weighted by atomic mass is 9.81. The van der Waals surface area contributed by atoms with Crippen LogP contribution >= 0.6 is 0 Å². The lowest BCUT2D eigenvalue weighted by Gasteiger charge is -2.34. The van der Waals surface area contributed by atoms with Gasteiger partial charge in [0.05, 0.1) is 16.6 Å². The summed E-state index contributed by atoms with van der Waals surface area (Å²) in [7, 11) is 0. The maximum Gasteiger partial charge on any atom is 0.311 e. The molecule has 1 aliphatic carbocycles. The summed E-state index contributed by atoms with van der Waals surface area (Å²) in [6, 6.07) is 17.8. The Morgan fingerprint density at radius 1 is 1.05 bits per heavy atom. The SMILES string of the molecule is CCC(CC)(CN(Cc1ccc2nc(-c3ccccc3-c3nnn[nH]3)ccc2c1)C(=O)C1CC1)C(=O)O. The number of nitrogens with zero attached hydrogens (tertiary/aromatic N) is 5. The van der Waals surface area contributed by atoms with Crippen molar-refractivity contribution in [1.29, 1.82) is 0 Å². The average Bonchev–Trinajstić information content (AvgIpc) is 3.63. The summed E-state index contributed by atoms with van der Waals surface area (Å²) in [5, 5.41) is 25.1. The van der Waals surface area contributed by atoms with Crippen molar-refractivity contribution in [2.75, 3.05) is 6.54 Å². The van der Waals surface area contributed by atoms with Gasteiger partial charge in [-0.05, 0) is 59.9 Å². The number of amides is 1. The number of carbonyl (C=O) groups is 2. The molecule has 1 aliphatic rings. The maximum atomic E-state index is 13.1. The molecule has 0 atom stereocenters. The summed E-state index contributed by atoms with van der Waals surface area (Å²) >= 11 is 0. The molecular formula is C28H30N6O3. The van der Waals surface area contributed by atoms with E-state index < -0.39 is 11.4 Å². The first-order valence-electron chi connectivity index (χ1n) is 12.7. The van der Waals surface area contributed by atoms with E-state index in [0.29, 0.717) is 25.2 Å². The lowest BCUT2D eigenvalue weighted by Crippen LogP contribution is -2.45. The first-order valence-corrected chi connectivity index (χ1v) is 12.7. The second kappa shape index (κ2) is 10.1. The van der Waals surface area contributed by atoms with Crippen LogP contribution in [-0.2, 0) is 16.1 Å². The Hall–Kier alpha value is -4.14. The molecular weight excluding hydrogens is 468 g/mol. The Labute approximate surface area is 214 Å². The number of carboxylic acids is 1. The second-order valence-corrected chi connectivity index (χ2v) is 9.78. The molecule has 2 heterocycles. The summed E-state index contributed by atoms with van der Waals surface area (Å²) in [4.78, 5) is 31.9. The van der Waals surface area contributed by atoms with Gasteiger partial charge in [-0.25, -0.2) is 10.1 Å². The van der Waals surface area contributed by atoms with Crippen molar-refractivity contribution in [3.05, 3.63) is 60.2 Å². The highest BCUT2D eigenvalue weighted by atomic mass is 16.4. The predicted molar refractivity (Wildman–Crippen MR) is 139 cm³/mol. The van der Waals surface area contributed by atoms with Gasteiger partial charge in [0.15, 0.2) is 5.82 Å². The van der Waals surface area contributed by atoms with Crippen LogP contribution < -0.4 is 0 Å². The van der Waals surface area contributed by atoms with Gasteiger partial charge in [-0.2, -0.15) is 0 Å². The van der Waals surface area contributed by atoms with E-state index in [2.05, 4.69) is 20.6 Å². The lowest BCUT2D eigenvalue weighted by molar-refractivity contribution is -0.152. The molecule has 9 nitrogen and oxygen atoms in total. The second-order valence-electron chi connectivity index (χ2n) is 9.78. The minimum Gasteiger partial charge on any atom is -0.481 e. The molecule has 2 N–H and O–H groups in total. The van der Waals surface area contributed by atoms with E-state index in [4.69, 9.17) is 4.98 Å². The van der Waals surface area contributed by atoms with Gasteiger partial charge in [-0.1, -0.05) is 50.2 Å². The van der Waals surface area contributed by atoms with E-state index in [-0.39, 0.29) is 18.4 Å². The van der Waals surface area contributed by atoms with E-state index >= 15 is 0 Å². The number of carboxylic acid groups (broad SMARTS) is 1. The molecule has 0 saturated heterocycles. The Kier molecular flexibility index (Phi) is 6.69. The predicted octanol–water partition coefficient (Wildman–Crippen LogP) is 4.71. The van der Waals surface area contributed by atoms with Crippen LogP contribution in [0.1, 0.15) is 45.1 Å². The van der Waals surface area contributed by atoms with Gasteiger partial charge >= 0.3 is 5.97 Å². The van der Waals surface area contributed by atoms with E-state index in [9.17, 15) is 14.7 Å². The molecule has 1 amide bonds. The van der Waals surface area contributed by atoms with Crippen LogP contribution in [-0.4, -0.2) is 54.0 Å². The fraction of sp³-hybridized carbons (Fsp3) is 0.357. The van der Waals surface area contributed by atoms with Crippen molar-refractivity contribution < 1.29 is 14.7 Å². The van der Waals surface area contributed by atoms with E-state index in [1.165, 1.54) is 0 Å². The van der Waals surface area contributed by atoms with Crippen molar-refractivity contribution in [2.45, 2.75) is 46.1 Å². The van der Waals surface area contributed by atoms with Crippen LogP contribution in [0, 0.1) is 11.3 Å². The zero-order chi connectivity index (χ0) is 26.0. The summed E-state index contributed by atoms with van der Waals surface area (Å²) < 4.78 is 0. The Balaban J connectivity index is 1.44. The monoisotopic (exact) mass is 498 g/mol. The van der Waals surface area contributed by atoms with Crippen LogP contribution in [0.3, 0.4) is 0 Å². The number of H-pyrrole nitrogens is 1.